The molecular weight excluding hydrogens is 298 g/mol. The fraction of sp³-hybridized carbons (Fsp3) is 0.421. The Morgan fingerprint density at radius 2 is 1.41 bits per heavy atom. The normalized spacial score (nSPS) is 21.7. The molecule has 2 aromatic rings. The highest BCUT2D eigenvalue weighted by Gasteiger charge is 2.44. The molecule has 2 aliphatic heterocycles. The smallest absolute Gasteiger partial charge is 0.0855 e. The molecule has 4 rings (SSSR count). The Balaban J connectivity index is 1.83. The molecule has 1 nitrogen and oxygen atoms in total. The van der Waals surface area contributed by atoms with Crippen molar-refractivity contribution in [2.24, 2.45) is 0 Å². The first-order chi connectivity index (χ1) is 10.6. The molecule has 0 radical (unpaired) electrons. The van der Waals surface area contributed by atoms with E-state index in [1.54, 1.807) is 10.4 Å². The van der Waals surface area contributed by atoms with Crippen LogP contribution >= 0.6 is 0 Å². The van der Waals surface area contributed by atoms with Gasteiger partial charge in [-0.2, -0.15) is 0 Å². The van der Waals surface area contributed by atoms with Crippen molar-refractivity contribution in [3.05, 3.63) is 42.6 Å². The fourth-order valence-electron chi connectivity index (χ4n) is 4.16. The van der Waals surface area contributed by atoms with E-state index >= 15 is 0 Å². The van der Waals surface area contributed by atoms with Crippen molar-refractivity contribution >= 4 is 26.5 Å². The molecule has 0 bridgehead atoms. The van der Waals surface area contributed by atoms with Gasteiger partial charge in [-0.1, -0.05) is 85.6 Å². The minimum atomic E-state index is -1.18. The zero-order valence-electron chi connectivity index (χ0n) is 13.7. The van der Waals surface area contributed by atoms with E-state index in [0.717, 1.165) is 0 Å². The summed E-state index contributed by atoms with van der Waals surface area (Å²) in [6, 6.07) is 19.1. The minimum absolute atomic E-state index is 1.16. The van der Waals surface area contributed by atoms with E-state index < -0.39 is 16.1 Å². The monoisotopic (exact) mass is 323 g/mol. The standard InChI is InChI=1S/C19H25NSi2/c1-21(10-6-11-21)18-14-17(16-8-4-3-5-9-16)20-15-19(18)22(2)12-7-13-22/h3-5,8-9,14-15H,6-7,10-13H2,1-2H3. The Kier molecular flexibility index (Phi) is 3.38. The SMILES string of the molecule is C[Si]1(c2cnc(-c3ccccc3)cc2[Si]2(C)CCC2)CCC1. The van der Waals surface area contributed by atoms with Crippen LogP contribution in [0.25, 0.3) is 11.3 Å². The van der Waals surface area contributed by atoms with Gasteiger partial charge in [0.05, 0.1) is 21.8 Å². The van der Waals surface area contributed by atoms with Crippen LogP contribution in [0.4, 0.5) is 0 Å². The van der Waals surface area contributed by atoms with Gasteiger partial charge in [0.25, 0.3) is 0 Å². The van der Waals surface area contributed by atoms with Crippen LogP contribution in [0.15, 0.2) is 42.6 Å². The molecule has 0 N–H and O–H groups in total. The van der Waals surface area contributed by atoms with Crippen LogP contribution < -0.4 is 10.4 Å². The number of rotatable bonds is 3. The van der Waals surface area contributed by atoms with Crippen LogP contribution in [0.5, 0.6) is 0 Å². The molecule has 0 atom stereocenters. The van der Waals surface area contributed by atoms with E-state index in [1.165, 1.54) is 48.3 Å². The van der Waals surface area contributed by atoms with Gasteiger partial charge in [-0.3, -0.25) is 4.98 Å². The Morgan fingerprint density at radius 3 is 1.95 bits per heavy atom. The molecule has 3 heterocycles. The summed E-state index contributed by atoms with van der Waals surface area (Å²) in [7, 11) is -2.34. The molecular formula is C19H25NSi2. The Labute approximate surface area is 135 Å². The Hall–Kier alpha value is -1.20. The molecule has 2 saturated heterocycles. The van der Waals surface area contributed by atoms with Crippen molar-refractivity contribution in [2.45, 2.75) is 50.1 Å². The van der Waals surface area contributed by atoms with Crippen molar-refractivity contribution in [1.29, 1.82) is 0 Å². The predicted octanol–water partition coefficient (Wildman–Crippen LogP) is 4.13. The highest BCUT2D eigenvalue weighted by molar-refractivity contribution is 7.02. The maximum atomic E-state index is 4.89. The van der Waals surface area contributed by atoms with E-state index in [9.17, 15) is 0 Å². The molecule has 0 aliphatic carbocycles. The first-order valence-corrected chi connectivity index (χ1v) is 14.5. The second-order valence-corrected chi connectivity index (χ2v) is 17.1. The van der Waals surface area contributed by atoms with E-state index in [0.29, 0.717) is 0 Å². The lowest BCUT2D eigenvalue weighted by Crippen LogP contribution is -2.65. The molecule has 2 aliphatic rings. The van der Waals surface area contributed by atoms with Crippen molar-refractivity contribution in [2.75, 3.05) is 0 Å². The molecule has 0 saturated carbocycles. The van der Waals surface area contributed by atoms with Crippen molar-refractivity contribution in [3.63, 3.8) is 0 Å². The van der Waals surface area contributed by atoms with Crippen LogP contribution in [-0.2, 0) is 0 Å². The van der Waals surface area contributed by atoms with E-state index in [2.05, 4.69) is 55.7 Å². The van der Waals surface area contributed by atoms with Gasteiger partial charge in [0.1, 0.15) is 0 Å². The van der Waals surface area contributed by atoms with Gasteiger partial charge in [0, 0.05) is 11.8 Å². The Morgan fingerprint density at radius 1 is 0.818 bits per heavy atom. The summed E-state index contributed by atoms with van der Waals surface area (Å²) in [4.78, 5) is 4.89. The first kappa shape index (κ1) is 14.4. The van der Waals surface area contributed by atoms with Crippen LogP contribution in [-0.4, -0.2) is 21.1 Å². The average molecular weight is 324 g/mol. The first-order valence-electron chi connectivity index (χ1n) is 8.67. The third-order valence-electron chi connectivity index (χ3n) is 6.19. The van der Waals surface area contributed by atoms with Gasteiger partial charge < -0.3 is 0 Å². The summed E-state index contributed by atoms with van der Waals surface area (Å²) >= 11 is 0. The molecule has 2 fully saturated rings. The largest absolute Gasteiger partial charge is 0.256 e. The van der Waals surface area contributed by atoms with Gasteiger partial charge in [0.2, 0.25) is 0 Å². The number of hydrogen-bond acceptors (Lipinski definition) is 1. The number of pyridine rings is 1. The highest BCUT2D eigenvalue weighted by atomic mass is 28.3. The van der Waals surface area contributed by atoms with Crippen LogP contribution in [0.3, 0.4) is 0 Å². The molecule has 0 amide bonds. The maximum absolute atomic E-state index is 4.89. The maximum Gasteiger partial charge on any atom is 0.0855 e. The number of benzene rings is 1. The van der Waals surface area contributed by atoms with E-state index in [-0.39, 0.29) is 0 Å². The zero-order valence-corrected chi connectivity index (χ0v) is 15.7. The van der Waals surface area contributed by atoms with Gasteiger partial charge in [-0.05, 0) is 11.3 Å². The van der Waals surface area contributed by atoms with Crippen LogP contribution in [0, 0.1) is 0 Å². The second kappa shape index (κ2) is 5.17. The summed E-state index contributed by atoms with van der Waals surface area (Å²) in [6.45, 7) is 5.20. The zero-order chi connectivity index (χ0) is 15.2. The molecule has 114 valence electrons. The van der Waals surface area contributed by atoms with Crippen molar-refractivity contribution in [1.82, 2.24) is 4.98 Å². The summed E-state index contributed by atoms with van der Waals surface area (Å²) < 4.78 is 0. The Bertz CT molecular complexity index is 688. The van der Waals surface area contributed by atoms with Crippen LogP contribution in [0.2, 0.25) is 37.3 Å². The third kappa shape index (κ3) is 2.22. The average Bonchev–Trinajstić information content (AvgIpc) is 2.50. The number of nitrogens with zero attached hydrogens (tertiary/aromatic N) is 1. The quantitative estimate of drug-likeness (QED) is 0.774. The summed E-state index contributed by atoms with van der Waals surface area (Å²) in [5.41, 5.74) is 2.46. The lowest BCUT2D eigenvalue weighted by Gasteiger charge is -2.44. The lowest BCUT2D eigenvalue weighted by molar-refractivity contribution is 0.909. The lowest BCUT2D eigenvalue weighted by atomic mass is 10.1. The highest BCUT2D eigenvalue weighted by Crippen LogP contribution is 2.36. The van der Waals surface area contributed by atoms with Gasteiger partial charge >= 0.3 is 0 Å². The van der Waals surface area contributed by atoms with E-state index in [4.69, 9.17) is 4.98 Å². The van der Waals surface area contributed by atoms with Crippen LogP contribution in [0.1, 0.15) is 12.8 Å². The molecule has 0 unspecified atom stereocenters. The summed E-state index contributed by atoms with van der Waals surface area (Å²) in [5.74, 6) is 0. The topological polar surface area (TPSA) is 12.9 Å². The molecule has 0 spiro atoms. The number of aromatic nitrogens is 1. The van der Waals surface area contributed by atoms with Gasteiger partial charge in [0.15, 0.2) is 0 Å². The third-order valence-corrected chi connectivity index (χ3v) is 15.7. The predicted molar refractivity (Wildman–Crippen MR) is 101 cm³/mol. The van der Waals surface area contributed by atoms with Crippen molar-refractivity contribution in [3.8, 4) is 11.3 Å². The minimum Gasteiger partial charge on any atom is -0.256 e. The summed E-state index contributed by atoms with van der Waals surface area (Å²) in [6.07, 6.45) is 5.18. The second-order valence-electron chi connectivity index (χ2n) is 7.81. The fourth-order valence-corrected chi connectivity index (χ4v) is 12.2. The molecule has 1 aromatic heterocycles. The number of hydrogen-bond donors (Lipinski definition) is 0. The van der Waals surface area contributed by atoms with Gasteiger partial charge in [-0.15, -0.1) is 0 Å². The molecule has 3 heteroatoms. The molecule has 1 aromatic carbocycles. The molecule has 22 heavy (non-hydrogen) atoms. The van der Waals surface area contributed by atoms with E-state index in [1.807, 2.05) is 0 Å². The van der Waals surface area contributed by atoms with Gasteiger partial charge in [-0.25, -0.2) is 0 Å². The van der Waals surface area contributed by atoms with Crippen molar-refractivity contribution < 1.29 is 0 Å². The summed E-state index contributed by atoms with van der Waals surface area (Å²) in [5, 5.41) is 3.51.